The number of carbonyl (C=O) groups is 1. The lowest BCUT2D eigenvalue weighted by Gasteiger charge is -2.25. The number of para-hydroxylation sites is 1. The maximum atomic E-state index is 10.9. The molecule has 19 heavy (non-hydrogen) atoms. The number of benzene rings is 2. The zero-order valence-corrected chi connectivity index (χ0v) is 11.3. The molecule has 1 aliphatic rings. The molecule has 3 rings (SSSR count). The fourth-order valence-electron chi connectivity index (χ4n) is 2.90. The second-order valence-electron chi connectivity index (χ2n) is 5.21. The molecule has 0 N–H and O–H groups in total. The zero-order chi connectivity index (χ0) is 13.4. The summed E-state index contributed by atoms with van der Waals surface area (Å²) in [5, 5.41) is 0. The van der Waals surface area contributed by atoms with Crippen LogP contribution in [0.15, 0.2) is 42.5 Å². The van der Waals surface area contributed by atoms with Crippen LogP contribution < -0.4 is 4.90 Å². The number of hydrogen-bond acceptors (Lipinski definition) is 2. The molecule has 0 bridgehead atoms. The Kier molecular flexibility index (Phi) is 2.86. The quantitative estimate of drug-likeness (QED) is 0.755. The molecule has 0 saturated carbocycles. The third-order valence-electron chi connectivity index (χ3n) is 3.87. The largest absolute Gasteiger partial charge is 0.338 e. The summed E-state index contributed by atoms with van der Waals surface area (Å²) < 4.78 is 0. The maximum absolute atomic E-state index is 10.9. The molecule has 0 aliphatic carbocycles. The molecule has 1 heterocycles. The SMILES string of the molecule is Cc1cc(N2c3ccccc3CC2C)ccc1C=O. The fourth-order valence-corrected chi connectivity index (χ4v) is 2.90. The lowest BCUT2D eigenvalue weighted by atomic mass is 10.1. The number of rotatable bonds is 2. The maximum Gasteiger partial charge on any atom is 0.150 e. The summed E-state index contributed by atoms with van der Waals surface area (Å²) in [6.07, 6.45) is 1.99. The fraction of sp³-hybridized carbons (Fsp3) is 0.235. The zero-order valence-electron chi connectivity index (χ0n) is 11.3. The van der Waals surface area contributed by atoms with Crippen molar-refractivity contribution in [1.82, 2.24) is 0 Å². The summed E-state index contributed by atoms with van der Waals surface area (Å²) >= 11 is 0. The first-order valence-corrected chi connectivity index (χ1v) is 6.63. The van der Waals surface area contributed by atoms with Gasteiger partial charge in [0.15, 0.2) is 0 Å². The van der Waals surface area contributed by atoms with Gasteiger partial charge in [0.05, 0.1) is 0 Å². The summed E-state index contributed by atoms with van der Waals surface area (Å²) in [5.74, 6) is 0. The van der Waals surface area contributed by atoms with E-state index in [1.54, 1.807) is 0 Å². The number of fused-ring (bicyclic) bond motifs is 1. The Morgan fingerprint density at radius 2 is 2.00 bits per heavy atom. The van der Waals surface area contributed by atoms with E-state index < -0.39 is 0 Å². The van der Waals surface area contributed by atoms with Gasteiger partial charge in [0, 0.05) is 23.0 Å². The highest BCUT2D eigenvalue weighted by atomic mass is 16.1. The second-order valence-corrected chi connectivity index (χ2v) is 5.21. The Balaban J connectivity index is 2.07. The van der Waals surface area contributed by atoms with Gasteiger partial charge >= 0.3 is 0 Å². The molecule has 2 aromatic carbocycles. The van der Waals surface area contributed by atoms with Crippen molar-refractivity contribution < 1.29 is 4.79 Å². The summed E-state index contributed by atoms with van der Waals surface area (Å²) in [6, 6.07) is 15.0. The third-order valence-corrected chi connectivity index (χ3v) is 3.87. The number of anilines is 2. The van der Waals surface area contributed by atoms with E-state index in [4.69, 9.17) is 0 Å². The van der Waals surface area contributed by atoms with E-state index in [0.717, 1.165) is 23.8 Å². The Morgan fingerprint density at radius 3 is 2.74 bits per heavy atom. The van der Waals surface area contributed by atoms with Crippen molar-refractivity contribution in [2.24, 2.45) is 0 Å². The standard InChI is InChI=1S/C17H17NO/c1-12-9-16(8-7-15(12)11-19)18-13(2)10-14-5-3-4-6-17(14)18/h3-9,11,13H,10H2,1-2H3. The highest BCUT2D eigenvalue weighted by molar-refractivity contribution is 5.80. The van der Waals surface area contributed by atoms with Gasteiger partial charge in [0.1, 0.15) is 6.29 Å². The van der Waals surface area contributed by atoms with Crippen LogP contribution in [0.1, 0.15) is 28.4 Å². The normalized spacial score (nSPS) is 17.4. The topological polar surface area (TPSA) is 20.3 Å². The predicted octanol–water partition coefficient (Wildman–Crippen LogP) is 3.89. The molecule has 0 fully saturated rings. The average molecular weight is 251 g/mol. The Hall–Kier alpha value is -2.09. The molecule has 1 aliphatic heterocycles. The summed E-state index contributed by atoms with van der Waals surface area (Å²) in [7, 11) is 0. The lowest BCUT2D eigenvalue weighted by molar-refractivity contribution is 0.112. The molecule has 0 saturated heterocycles. The van der Waals surface area contributed by atoms with Crippen LogP contribution in [-0.4, -0.2) is 12.3 Å². The van der Waals surface area contributed by atoms with Crippen molar-refractivity contribution in [3.05, 3.63) is 59.2 Å². The molecular formula is C17H17NO. The molecular weight excluding hydrogens is 234 g/mol. The molecule has 96 valence electrons. The average Bonchev–Trinajstić information content (AvgIpc) is 2.74. The van der Waals surface area contributed by atoms with Crippen LogP contribution in [0.5, 0.6) is 0 Å². The first-order chi connectivity index (χ1) is 9.20. The molecule has 0 spiro atoms. The molecule has 1 atom stereocenters. The Labute approximate surface area is 113 Å². The van der Waals surface area contributed by atoms with Crippen LogP contribution in [0.2, 0.25) is 0 Å². The van der Waals surface area contributed by atoms with Crippen molar-refractivity contribution in [2.45, 2.75) is 26.3 Å². The molecule has 1 unspecified atom stereocenters. The van der Waals surface area contributed by atoms with Gasteiger partial charge in [-0.05, 0) is 55.7 Å². The summed E-state index contributed by atoms with van der Waals surface area (Å²) in [4.78, 5) is 13.3. The van der Waals surface area contributed by atoms with Gasteiger partial charge in [-0.2, -0.15) is 0 Å². The van der Waals surface area contributed by atoms with Crippen molar-refractivity contribution >= 4 is 17.7 Å². The van der Waals surface area contributed by atoms with Crippen LogP contribution in [0.25, 0.3) is 0 Å². The first-order valence-electron chi connectivity index (χ1n) is 6.63. The second kappa shape index (κ2) is 4.54. The monoisotopic (exact) mass is 251 g/mol. The number of hydrogen-bond donors (Lipinski definition) is 0. The minimum atomic E-state index is 0.457. The van der Waals surface area contributed by atoms with E-state index in [1.165, 1.54) is 16.9 Å². The number of aryl methyl sites for hydroxylation is 1. The molecule has 2 heteroatoms. The van der Waals surface area contributed by atoms with E-state index >= 15 is 0 Å². The highest BCUT2D eigenvalue weighted by Gasteiger charge is 2.26. The van der Waals surface area contributed by atoms with Crippen molar-refractivity contribution in [3.8, 4) is 0 Å². The van der Waals surface area contributed by atoms with Crippen molar-refractivity contribution in [1.29, 1.82) is 0 Å². The van der Waals surface area contributed by atoms with Crippen molar-refractivity contribution in [3.63, 3.8) is 0 Å². The van der Waals surface area contributed by atoms with Gasteiger partial charge in [0.25, 0.3) is 0 Å². The molecule has 0 aromatic heterocycles. The minimum Gasteiger partial charge on any atom is -0.338 e. The highest BCUT2D eigenvalue weighted by Crippen LogP contribution is 2.38. The van der Waals surface area contributed by atoms with Gasteiger partial charge < -0.3 is 4.90 Å². The number of aldehydes is 1. The van der Waals surface area contributed by atoms with Gasteiger partial charge in [-0.3, -0.25) is 4.79 Å². The molecule has 2 nitrogen and oxygen atoms in total. The Bertz CT molecular complexity index is 633. The smallest absolute Gasteiger partial charge is 0.150 e. The van der Waals surface area contributed by atoms with Crippen LogP contribution in [0.3, 0.4) is 0 Å². The van der Waals surface area contributed by atoms with E-state index in [-0.39, 0.29) is 0 Å². The van der Waals surface area contributed by atoms with E-state index in [0.29, 0.717) is 6.04 Å². The summed E-state index contributed by atoms with van der Waals surface area (Å²) in [5.41, 5.74) is 5.65. The third kappa shape index (κ3) is 1.93. The van der Waals surface area contributed by atoms with Gasteiger partial charge in [-0.15, -0.1) is 0 Å². The first kappa shape index (κ1) is 12.0. The van der Waals surface area contributed by atoms with Gasteiger partial charge in [-0.25, -0.2) is 0 Å². The predicted molar refractivity (Wildman–Crippen MR) is 78.3 cm³/mol. The van der Waals surface area contributed by atoms with Gasteiger partial charge in [-0.1, -0.05) is 18.2 Å². The number of carbonyl (C=O) groups excluding carboxylic acids is 1. The molecule has 0 amide bonds. The van der Waals surface area contributed by atoms with Crippen LogP contribution >= 0.6 is 0 Å². The van der Waals surface area contributed by atoms with Crippen LogP contribution in [0, 0.1) is 6.92 Å². The number of nitrogens with zero attached hydrogens (tertiary/aromatic N) is 1. The Morgan fingerprint density at radius 1 is 1.21 bits per heavy atom. The summed E-state index contributed by atoms with van der Waals surface area (Å²) in [6.45, 7) is 4.23. The molecule has 2 aromatic rings. The van der Waals surface area contributed by atoms with E-state index in [9.17, 15) is 4.79 Å². The van der Waals surface area contributed by atoms with Crippen LogP contribution in [-0.2, 0) is 6.42 Å². The van der Waals surface area contributed by atoms with E-state index in [1.807, 2.05) is 19.1 Å². The molecule has 0 radical (unpaired) electrons. The van der Waals surface area contributed by atoms with Crippen LogP contribution in [0.4, 0.5) is 11.4 Å². The van der Waals surface area contributed by atoms with Gasteiger partial charge in [0.2, 0.25) is 0 Å². The lowest BCUT2D eigenvalue weighted by Crippen LogP contribution is -2.23. The van der Waals surface area contributed by atoms with Crippen molar-refractivity contribution in [2.75, 3.05) is 4.90 Å². The van der Waals surface area contributed by atoms with E-state index in [2.05, 4.69) is 42.2 Å². The minimum absolute atomic E-state index is 0.457.